The lowest BCUT2D eigenvalue weighted by Crippen LogP contribution is -2.30. The number of hydrazine groups is 1. The normalized spacial score (nSPS) is 9.14. The standard InChI is InChI=1S/C7H5F3N2O.ClH/c8-4-2-6(10)5(9)1-3(4)7(13)12-11;/h1-2H,11H2,(H,12,13);1H. The SMILES string of the molecule is Cl.NNC(=O)c1cc(F)c(F)cc1F. The van der Waals surface area contributed by atoms with E-state index < -0.39 is 28.9 Å². The van der Waals surface area contributed by atoms with Gasteiger partial charge in [0.1, 0.15) is 5.82 Å². The summed E-state index contributed by atoms with van der Waals surface area (Å²) in [4.78, 5) is 10.7. The summed E-state index contributed by atoms with van der Waals surface area (Å²) >= 11 is 0. The molecule has 1 aromatic rings. The van der Waals surface area contributed by atoms with E-state index >= 15 is 0 Å². The van der Waals surface area contributed by atoms with Crippen LogP contribution in [0.1, 0.15) is 10.4 Å². The average Bonchev–Trinajstić information content (AvgIpc) is 2.10. The summed E-state index contributed by atoms with van der Waals surface area (Å²) in [6.07, 6.45) is 0. The maximum atomic E-state index is 12.7. The van der Waals surface area contributed by atoms with E-state index in [0.717, 1.165) is 0 Å². The number of nitrogen functional groups attached to an aromatic ring is 1. The van der Waals surface area contributed by atoms with Crippen LogP contribution in [0.15, 0.2) is 12.1 Å². The van der Waals surface area contributed by atoms with Crippen LogP contribution >= 0.6 is 12.4 Å². The first-order chi connectivity index (χ1) is 6.06. The fraction of sp³-hybridized carbons (Fsp3) is 0. The Bertz CT molecular complexity index is 359. The Morgan fingerprint density at radius 2 is 1.64 bits per heavy atom. The fourth-order valence-corrected chi connectivity index (χ4v) is 0.774. The van der Waals surface area contributed by atoms with Gasteiger partial charge in [0, 0.05) is 6.07 Å². The van der Waals surface area contributed by atoms with Crippen LogP contribution in [0.5, 0.6) is 0 Å². The van der Waals surface area contributed by atoms with Crippen molar-refractivity contribution in [2.75, 3.05) is 0 Å². The Labute approximate surface area is 83.5 Å². The van der Waals surface area contributed by atoms with E-state index in [-0.39, 0.29) is 18.5 Å². The molecule has 0 bridgehead atoms. The van der Waals surface area contributed by atoms with E-state index in [4.69, 9.17) is 0 Å². The van der Waals surface area contributed by atoms with Gasteiger partial charge in [-0.15, -0.1) is 12.4 Å². The zero-order valence-electron chi connectivity index (χ0n) is 6.68. The molecule has 0 saturated carbocycles. The highest BCUT2D eigenvalue weighted by atomic mass is 35.5. The van der Waals surface area contributed by atoms with Crippen molar-refractivity contribution in [2.45, 2.75) is 0 Å². The molecule has 7 heteroatoms. The van der Waals surface area contributed by atoms with Crippen molar-refractivity contribution in [1.29, 1.82) is 0 Å². The predicted molar refractivity (Wildman–Crippen MR) is 45.2 cm³/mol. The zero-order chi connectivity index (χ0) is 10.0. The molecule has 0 aromatic heterocycles. The number of hydrogen-bond donors (Lipinski definition) is 2. The second-order valence-corrected chi connectivity index (χ2v) is 2.22. The molecule has 0 heterocycles. The molecule has 0 aliphatic heterocycles. The maximum Gasteiger partial charge on any atom is 0.268 e. The van der Waals surface area contributed by atoms with Gasteiger partial charge in [0.2, 0.25) is 0 Å². The van der Waals surface area contributed by atoms with Gasteiger partial charge in [-0.3, -0.25) is 10.2 Å². The summed E-state index contributed by atoms with van der Waals surface area (Å²) < 4.78 is 37.6. The third kappa shape index (κ3) is 2.36. The minimum atomic E-state index is -1.36. The van der Waals surface area contributed by atoms with Crippen molar-refractivity contribution in [3.8, 4) is 0 Å². The number of halogens is 4. The van der Waals surface area contributed by atoms with Gasteiger partial charge >= 0.3 is 0 Å². The van der Waals surface area contributed by atoms with E-state index in [9.17, 15) is 18.0 Å². The molecule has 0 fully saturated rings. The molecule has 0 aliphatic carbocycles. The zero-order valence-corrected chi connectivity index (χ0v) is 7.50. The molecule has 3 nitrogen and oxygen atoms in total. The van der Waals surface area contributed by atoms with Crippen molar-refractivity contribution in [1.82, 2.24) is 5.43 Å². The molecule has 0 atom stereocenters. The molecule has 14 heavy (non-hydrogen) atoms. The minimum absolute atomic E-state index is 0. The maximum absolute atomic E-state index is 12.7. The number of nitrogens with one attached hydrogen (secondary N) is 1. The van der Waals surface area contributed by atoms with Crippen LogP contribution in [-0.2, 0) is 0 Å². The number of hydrogen-bond acceptors (Lipinski definition) is 2. The van der Waals surface area contributed by atoms with Gasteiger partial charge in [-0.2, -0.15) is 0 Å². The number of rotatable bonds is 1. The average molecular weight is 227 g/mol. The molecule has 0 aliphatic rings. The second-order valence-electron chi connectivity index (χ2n) is 2.22. The molecule has 1 rings (SSSR count). The van der Waals surface area contributed by atoms with Crippen LogP contribution in [0.3, 0.4) is 0 Å². The van der Waals surface area contributed by atoms with Gasteiger partial charge in [-0.1, -0.05) is 0 Å². The molecule has 0 spiro atoms. The number of benzene rings is 1. The molecular weight excluding hydrogens is 221 g/mol. The largest absolute Gasteiger partial charge is 0.290 e. The monoisotopic (exact) mass is 226 g/mol. The highest BCUT2D eigenvalue weighted by Crippen LogP contribution is 2.13. The van der Waals surface area contributed by atoms with E-state index in [1.807, 2.05) is 0 Å². The molecule has 1 aromatic carbocycles. The quantitative estimate of drug-likeness (QED) is 0.326. The summed E-state index contributed by atoms with van der Waals surface area (Å²) in [5.41, 5.74) is 0.963. The fourth-order valence-electron chi connectivity index (χ4n) is 0.774. The molecular formula is C7H6ClF3N2O. The van der Waals surface area contributed by atoms with Gasteiger partial charge in [0.15, 0.2) is 11.6 Å². The van der Waals surface area contributed by atoms with Gasteiger partial charge < -0.3 is 0 Å². The number of carbonyl (C=O) groups is 1. The van der Waals surface area contributed by atoms with E-state index in [2.05, 4.69) is 5.84 Å². The van der Waals surface area contributed by atoms with Crippen LogP contribution in [0.4, 0.5) is 13.2 Å². The van der Waals surface area contributed by atoms with Crippen molar-refractivity contribution in [3.05, 3.63) is 35.1 Å². The van der Waals surface area contributed by atoms with Gasteiger partial charge in [0.25, 0.3) is 5.91 Å². The van der Waals surface area contributed by atoms with Crippen LogP contribution in [0.2, 0.25) is 0 Å². The van der Waals surface area contributed by atoms with E-state index in [1.165, 1.54) is 0 Å². The van der Waals surface area contributed by atoms with Gasteiger partial charge in [-0.25, -0.2) is 19.0 Å². The highest BCUT2D eigenvalue weighted by Gasteiger charge is 2.14. The van der Waals surface area contributed by atoms with Crippen LogP contribution in [-0.4, -0.2) is 5.91 Å². The predicted octanol–water partition coefficient (Wildman–Crippen LogP) is 1.13. The van der Waals surface area contributed by atoms with E-state index in [0.29, 0.717) is 6.07 Å². The third-order valence-electron chi connectivity index (χ3n) is 1.39. The smallest absolute Gasteiger partial charge is 0.268 e. The van der Waals surface area contributed by atoms with Crippen LogP contribution in [0.25, 0.3) is 0 Å². The summed E-state index contributed by atoms with van der Waals surface area (Å²) in [5, 5.41) is 0. The van der Waals surface area contributed by atoms with Crippen molar-refractivity contribution < 1.29 is 18.0 Å². The number of nitrogens with two attached hydrogens (primary N) is 1. The number of carbonyl (C=O) groups excluding carboxylic acids is 1. The van der Waals surface area contributed by atoms with E-state index in [1.54, 1.807) is 5.43 Å². The van der Waals surface area contributed by atoms with Gasteiger partial charge in [0.05, 0.1) is 5.56 Å². The van der Waals surface area contributed by atoms with Crippen molar-refractivity contribution in [2.24, 2.45) is 5.84 Å². The van der Waals surface area contributed by atoms with Crippen LogP contribution < -0.4 is 11.3 Å². The summed E-state index contributed by atoms with van der Waals surface area (Å²) in [5.74, 6) is -0.165. The lowest BCUT2D eigenvalue weighted by Gasteiger charge is -2.01. The molecule has 3 N–H and O–H groups in total. The first-order valence-corrected chi connectivity index (χ1v) is 3.21. The van der Waals surface area contributed by atoms with Crippen molar-refractivity contribution in [3.63, 3.8) is 0 Å². The first-order valence-electron chi connectivity index (χ1n) is 3.21. The Kier molecular flexibility index (Phi) is 4.39. The first kappa shape index (κ1) is 12.7. The third-order valence-corrected chi connectivity index (χ3v) is 1.39. The summed E-state index contributed by atoms with van der Waals surface area (Å²) in [7, 11) is 0. The lowest BCUT2D eigenvalue weighted by atomic mass is 10.2. The second kappa shape index (κ2) is 4.83. The Balaban J connectivity index is 0.00000169. The molecule has 1 amide bonds. The molecule has 0 saturated heterocycles. The Hall–Kier alpha value is -1.27. The number of amides is 1. The minimum Gasteiger partial charge on any atom is -0.290 e. The summed E-state index contributed by atoms with van der Waals surface area (Å²) in [6, 6.07) is 0.715. The Morgan fingerprint density at radius 3 is 2.14 bits per heavy atom. The van der Waals surface area contributed by atoms with Crippen LogP contribution in [0, 0.1) is 17.5 Å². The Morgan fingerprint density at radius 1 is 1.14 bits per heavy atom. The highest BCUT2D eigenvalue weighted by molar-refractivity contribution is 5.93. The lowest BCUT2D eigenvalue weighted by molar-refractivity contribution is 0.0949. The molecule has 78 valence electrons. The van der Waals surface area contributed by atoms with Crippen molar-refractivity contribution >= 4 is 18.3 Å². The molecule has 0 unspecified atom stereocenters. The molecule has 0 radical (unpaired) electrons. The topological polar surface area (TPSA) is 55.1 Å². The summed E-state index contributed by atoms with van der Waals surface area (Å²) in [6.45, 7) is 0. The van der Waals surface area contributed by atoms with Gasteiger partial charge in [-0.05, 0) is 6.07 Å².